The number of carboxylic acid groups (broad SMARTS) is 4. The molecule has 0 saturated carbocycles. The maximum absolute atomic E-state index is 11.9. The molecule has 232 valence electrons. The molecule has 12 heteroatoms. The van der Waals surface area contributed by atoms with Crippen molar-refractivity contribution in [1.82, 2.24) is 0 Å². The standard InChI is InChI=1S/C36H20N4O8/c41-33(42)19-9-17(10-20(13-19)34(43)44)31-27-5-1-23(37-27)15-24-2-6-29(38-24)32(18-11-21(35(45)46)14-22(12-18)36(47)48)30-8-4-26(40-30)16-25-3-7-28(31)39-25/h1-16H,(H,41,42)(H,43,44)(H,45,46)(H,47,48). The highest BCUT2D eigenvalue weighted by Crippen LogP contribution is 2.34. The summed E-state index contributed by atoms with van der Waals surface area (Å²) in [6, 6.07) is 7.68. The lowest BCUT2D eigenvalue weighted by atomic mass is 9.95. The van der Waals surface area contributed by atoms with Gasteiger partial charge in [0.05, 0.1) is 67.9 Å². The first-order chi connectivity index (χ1) is 23.0. The number of allylic oxidation sites excluding steroid dienone is 12. The zero-order chi connectivity index (χ0) is 33.7. The first kappa shape index (κ1) is 29.6. The molecule has 7 rings (SSSR count). The van der Waals surface area contributed by atoms with Crippen LogP contribution in [-0.2, 0) is 0 Å². The Labute approximate surface area is 270 Å². The number of carboxylic acids is 4. The molecule has 0 spiro atoms. The third kappa shape index (κ3) is 5.49. The van der Waals surface area contributed by atoms with Crippen LogP contribution < -0.4 is 0 Å². The molecule has 0 amide bonds. The first-order valence-corrected chi connectivity index (χ1v) is 14.3. The van der Waals surface area contributed by atoms with E-state index in [1.54, 1.807) is 60.8 Å². The van der Waals surface area contributed by atoms with Gasteiger partial charge in [-0.15, -0.1) is 0 Å². The van der Waals surface area contributed by atoms with Crippen molar-refractivity contribution < 1.29 is 39.6 Å². The topological polar surface area (TPSA) is 199 Å². The summed E-state index contributed by atoms with van der Waals surface area (Å²) >= 11 is 0. The maximum Gasteiger partial charge on any atom is 0.335 e. The molecular weight excluding hydrogens is 616 g/mol. The molecule has 8 bridgehead atoms. The molecule has 5 aliphatic rings. The highest BCUT2D eigenvalue weighted by molar-refractivity contribution is 6.34. The van der Waals surface area contributed by atoms with Gasteiger partial charge in [-0.1, -0.05) is 0 Å². The minimum atomic E-state index is -1.29. The quantitative estimate of drug-likeness (QED) is 0.322. The molecular formula is C36H20N4O8. The molecule has 0 atom stereocenters. The smallest absolute Gasteiger partial charge is 0.335 e. The second kappa shape index (κ2) is 11.4. The van der Waals surface area contributed by atoms with Gasteiger partial charge in [0.15, 0.2) is 0 Å². The van der Waals surface area contributed by atoms with Crippen LogP contribution in [0.1, 0.15) is 52.6 Å². The van der Waals surface area contributed by atoms with Crippen LogP contribution in [0.15, 0.2) is 140 Å². The average Bonchev–Trinajstić information content (AvgIpc) is 3.88. The van der Waals surface area contributed by atoms with E-state index in [9.17, 15) is 39.6 Å². The summed E-state index contributed by atoms with van der Waals surface area (Å²) in [4.78, 5) is 66.6. The van der Waals surface area contributed by atoms with Gasteiger partial charge in [-0.05, 0) is 108 Å². The number of aromatic carboxylic acids is 4. The fourth-order valence-corrected chi connectivity index (χ4v) is 5.58. The summed E-state index contributed by atoms with van der Waals surface area (Å²) in [7, 11) is 0. The molecule has 48 heavy (non-hydrogen) atoms. The fourth-order valence-electron chi connectivity index (χ4n) is 5.58. The van der Waals surface area contributed by atoms with E-state index >= 15 is 0 Å². The molecule has 2 aromatic rings. The number of nitrogens with zero attached hydrogens (tertiary/aromatic N) is 4. The monoisotopic (exact) mass is 636 g/mol. The van der Waals surface area contributed by atoms with Gasteiger partial charge in [0, 0.05) is 11.1 Å². The number of fused-ring (bicyclic) bond motifs is 4. The molecule has 0 saturated heterocycles. The lowest BCUT2D eigenvalue weighted by Crippen LogP contribution is -2.07. The molecule has 5 heterocycles. The predicted octanol–water partition coefficient (Wildman–Crippen LogP) is 5.43. The van der Waals surface area contributed by atoms with E-state index in [1.807, 2.05) is 0 Å². The minimum absolute atomic E-state index is 0.209. The molecule has 5 aliphatic heterocycles. The highest BCUT2D eigenvalue weighted by atomic mass is 16.4. The third-order valence-electron chi connectivity index (χ3n) is 7.69. The van der Waals surface area contributed by atoms with Gasteiger partial charge in [-0.3, -0.25) is 0 Å². The van der Waals surface area contributed by atoms with E-state index in [1.165, 1.54) is 24.3 Å². The van der Waals surface area contributed by atoms with Gasteiger partial charge < -0.3 is 20.4 Å². The van der Waals surface area contributed by atoms with Crippen molar-refractivity contribution in [2.75, 3.05) is 0 Å². The van der Waals surface area contributed by atoms with Gasteiger partial charge in [0.25, 0.3) is 0 Å². The fraction of sp³-hybridized carbons (Fsp3) is 0. The Bertz CT molecular complexity index is 2110. The Kier molecular flexibility index (Phi) is 7.02. The van der Waals surface area contributed by atoms with Crippen molar-refractivity contribution in [3.05, 3.63) is 153 Å². The Morgan fingerprint density at radius 1 is 0.417 bits per heavy atom. The van der Waals surface area contributed by atoms with Gasteiger partial charge in [0.1, 0.15) is 0 Å². The van der Waals surface area contributed by atoms with E-state index in [4.69, 9.17) is 20.0 Å². The second-order valence-corrected chi connectivity index (χ2v) is 10.9. The minimum Gasteiger partial charge on any atom is -0.478 e. The van der Waals surface area contributed by atoms with Crippen molar-refractivity contribution in [1.29, 1.82) is 0 Å². The van der Waals surface area contributed by atoms with Gasteiger partial charge >= 0.3 is 23.9 Å². The average molecular weight is 637 g/mol. The van der Waals surface area contributed by atoms with Crippen molar-refractivity contribution >= 4 is 57.9 Å². The SMILES string of the molecule is O=C(O)c1cc(C(=O)O)cc(C2=C3C=CC(=N3)C=C3C=CC(=N3)C(c3cc(C(=O)O)cc(C(=O)O)c3)=C3C=CC(=N3)C=C3C=CC2=N3)c1. The van der Waals surface area contributed by atoms with Crippen LogP contribution in [0, 0.1) is 0 Å². The van der Waals surface area contributed by atoms with Crippen molar-refractivity contribution in [3.63, 3.8) is 0 Å². The van der Waals surface area contributed by atoms with Crippen LogP contribution in [0.25, 0.3) is 11.1 Å². The summed E-state index contributed by atoms with van der Waals surface area (Å²) in [5.41, 5.74) is 4.21. The molecule has 0 aliphatic carbocycles. The van der Waals surface area contributed by atoms with Crippen molar-refractivity contribution in [2.45, 2.75) is 0 Å². The second-order valence-electron chi connectivity index (χ2n) is 10.9. The Morgan fingerprint density at radius 3 is 1.10 bits per heavy atom. The number of carbonyl (C=O) groups is 4. The zero-order valence-corrected chi connectivity index (χ0v) is 24.4. The number of rotatable bonds is 6. The van der Waals surface area contributed by atoms with E-state index in [2.05, 4.69) is 0 Å². The molecule has 4 N–H and O–H groups in total. The van der Waals surface area contributed by atoms with E-state index in [-0.39, 0.29) is 22.3 Å². The molecule has 0 fully saturated rings. The Hall–Kier alpha value is -7.08. The highest BCUT2D eigenvalue weighted by Gasteiger charge is 2.25. The van der Waals surface area contributed by atoms with Crippen LogP contribution in [0.5, 0.6) is 0 Å². The van der Waals surface area contributed by atoms with Crippen LogP contribution in [0.2, 0.25) is 0 Å². The summed E-state index contributed by atoms with van der Waals surface area (Å²) < 4.78 is 0. The number of benzene rings is 2. The molecule has 0 unspecified atom stereocenters. The lowest BCUT2D eigenvalue weighted by molar-refractivity contribution is 0.0676. The van der Waals surface area contributed by atoms with Crippen molar-refractivity contribution in [3.8, 4) is 0 Å². The van der Waals surface area contributed by atoms with Crippen LogP contribution in [-0.4, -0.2) is 67.2 Å². The third-order valence-corrected chi connectivity index (χ3v) is 7.69. The Balaban J connectivity index is 1.44. The lowest BCUT2D eigenvalue weighted by Gasteiger charge is -2.11. The molecule has 0 aromatic heterocycles. The van der Waals surface area contributed by atoms with E-state index in [0.717, 1.165) is 12.1 Å². The first-order valence-electron chi connectivity index (χ1n) is 14.3. The number of hydrogen-bond donors (Lipinski definition) is 4. The summed E-state index contributed by atoms with van der Waals surface area (Å²) in [6.07, 6.45) is 17.1. The predicted molar refractivity (Wildman–Crippen MR) is 177 cm³/mol. The van der Waals surface area contributed by atoms with Crippen LogP contribution in [0.3, 0.4) is 0 Å². The zero-order valence-electron chi connectivity index (χ0n) is 24.4. The largest absolute Gasteiger partial charge is 0.478 e. The summed E-state index contributed by atoms with van der Waals surface area (Å²) in [5.74, 6) is -5.15. The van der Waals surface area contributed by atoms with Crippen LogP contribution in [0.4, 0.5) is 0 Å². The number of hydrogen-bond acceptors (Lipinski definition) is 8. The molecule has 12 nitrogen and oxygen atoms in total. The Morgan fingerprint density at radius 2 is 0.771 bits per heavy atom. The summed E-state index contributed by atoms with van der Waals surface area (Å²) in [6.45, 7) is 0. The van der Waals surface area contributed by atoms with Gasteiger partial charge in [0.2, 0.25) is 0 Å². The van der Waals surface area contributed by atoms with Gasteiger partial charge in [-0.2, -0.15) is 0 Å². The summed E-state index contributed by atoms with van der Waals surface area (Å²) in [5, 5.41) is 38.9. The van der Waals surface area contributed by atoms with E-state index < -0.39 is 23.9 Å². The molecule has 0 radical (unpaired) electrons. The van der Waals surface area contributed by atoms with E-state index in [0.29, 0.717) is 67.9 Å². The van der Waals surface area contributed by atoms with Crippen molar-refractivity contribution in [2.24, 2.45) is 20.0 Å². The van der Waals surface area contributed by atoms with Gasteiger partial charge in [-0.25, -0.2) is 39.1 Å². The van der Waals surface area contributed by atoms with Crippen LogP contribution >= 0.6 is 0 Å². The molecule has 2 aromatic carbocycles. The normalized spacial score (nSPS) is 17.2. The maximum atomic E-state index is 11.9. The number of aliphatic imine (C=N–C) groups is 4.